The molecule has 3 rings (SSSR count). The largest absolute Gasteiger partial charge is 0.347 e. The van der Waals surface area contributed by atoms with Crippen molar-refractivity contribution in [1.29, 1.82) is 0 Å². The van der Waals surface area contributed by atoms with Gasteiger partial charge in [-0.15, -0.1) is 11.3 Å². The summed E-state index contributed by atoms with van der Waals surface area (Å²) < 4.78 is 1.27. The molecule has 3 heterocycles. The van der Waals surface area contributed by atoms with Crippen molar-refractivity contribution in [1.82, 2.24) is 19.9 Å². The van der Waals surface area contributed by atoms with Crippen LogP contribution >= 0.6 is 11.3 Å². The van der Waals surface area contributed by atoms with E-state index in [9.17, 15) is 9.59 Å². The van der Waals surface area contributed by atoms with Crippen LogP contribution in [0.4, 0.5) is 0 Å². The van der Waals surface area contributed by atoms with Crippen LogP contribution in [-0.4, -0.2) is 20.4 Å². The van der Waals surface area contributed by atoms with Gasteiger partial charge in [-0.2, -0.15) is 0 Å². The first-order valence-electron chi connectivity index (χ1n) is 7.46. The summed E-state index contributed by atoms with van der Waals surface area (Å²) in [4.78, 5) is 33.1. The monoisotopic (exact) mass is 340 g/mol. The van der Waals surface area contributed by atoms with E-state index in [1.807, 2.05) is 35.7 Å². The molecule has 0 spiro atoms. The number of thiophene rings is 1. The Morgan fingerprint density at radius 3 is 2.75 bits per heavy atom. The fourth-order valence-electron chi connectivity index (χ4n) is 2.34. The smallest absolute Gasteiger partial charge is 0.346 e. The van der Waals surface area contributed by atoms with E-state index in [1.165, 1.54) is 10.8 Å². The number of nitrogens with one attached hydrogen (secondary N) is 1. The van der Waals surface area contributed by atoms with E-state index < -0.39 is 5.69 Å². The fraction of sp³-hybridized carbons (Fsp3) is 0.176. The lowest BCUT2D eigenvalue weighted by Gasteiger charge is -2.18. The Kier molecular flexibility index (Phi) is 5.12. The number of carbonyl (C=O) groups is 1. The quantitative estimate of drug-likeness (QED) is 0.742. The van der Waals surface area contributed by atoms with Gasteiger partial charge in [0.05, 0.1) is 11.7 Å². The van der Waals surface area contributed by atoms with Crippen molar-refractivity contribution in [3.63, 3.8) is 0 Å². The summed E-state index contributed by atoms with van der Waals surface area (Å²) in [5.74, 6) is -0.252. The summed E-state index contributed by atoms with van der Waals surface area (Å²) in [6.07, 6.45) is 5.31. The van der Waals surface area contributed by atoms with Crippen molar-refractivity contribution in [2.24, 2.45) is 0 Å². The standard InChI is InChI=1S/C17H16N4O2S/c22-16(12-21-9-4-8-19-17(21)23)20-15(11-13-5-3-10-24-13)14-6-1-2-7-18-14/h1-10,15H,11-12H2,(H,20,22)/t15-/m1/s1. The van der Waals surface area contributed by atoms with E-state index in [4.69, 9.17) is 0 Å². The van der Waals surface area contributed by atoms with Gasteiger partial charge in [0.15, 0.2) is 0 Å². The lowest BCUT2D eigenvalue weighted by molar-refractivity contribution is -0.122. The van der Waals surface area contributed by atoms with E-state index in [-0.39, 0.29) is 18.5 Å². The van der Waals surface area contributed by atoms with Crippen molar-refractivity contribution < 1.29 is 4.79 Å². The second-order valence-corrected chi connectivity index (χ2v) is 6.22. The molecule has 0 saturated carbocycles. The van der Waals surface area contributed by atoms with Crippen LogP contribution in [0.1, 0.15) is 16.6 Å². The molecule has 3 aromatic rings. The van der Waals surface area contributed by atoms with Crippen molar-refractivity contribution in [3.05, 3.63) is 81.4 Å². The molecular weight excluding hydrogens is 324 g/mol. The number of pyridine rings is 1. The van der Waals surface area contributed by atoms with Crippen LogP contribution in [0.15, 0.2) is 65.2 Å². The SMILES string of the molecule is O=C(Cn1cccnc1=O)N[C@H](Cc1cccs1)c1ccccn1. The molecule has 1 atom stereocenters. The number of hydrogen-bond acceptors (Lipinski definition) is 5. The van der Waals surface area contributed by atoms with Gasteiger partial charge in [0, 0.05) is 29.9 Å². The normalized spacial score (nSPS) is 11.8. The van der Waals surface area contributed by atoms with E-state index in [2.05, 4.69) is 15.3 Å². The summed E-state index contributed by atoms with van der Waals surface area (Å²) in [5, 5.41) is 4.97. The highest BCUT2D eigenvalue weighted by molar-refractivity contribution is 7.09. The number of carbonyl (C=O) groups excluding carboxylic acids is 1. The Balaban J connectivity index is 1.75. The number of rotatable bonds is 6. The molecule has 6 nitrogen and oxygen atoms in total. The second kappa shape index (κ2) is 7.65. The molecule has 0 saturated heterocycles. The Morgan fingerprint density at radius 2 is 2.04 bits per heavy atom. The van der Waals surface area contributed by atoms with Crippen LogP contribution in [0.2, 0.25) is 0 Å². The maximum atomic E-state index is 12.4. The maximum absolute atomic E-state index is 12.4. The molecule has 0 aromatic carbocycles. The number of aromatic nitrogens is 3. The predicted molar refractivity (Wildman–Crippen MR) is 91.6 cm³/mol. The third-order valence-electron chi connectivity index (χ3n) is 3.46. The summed E-state index contributed by atoms with van der Waals surface area (Å²) in [6.45, 7) is -0.0690. The molecule has 0 radical (unpaired) electrons. The van der Waals surface area contributed by atoms with E-state index in [0.29, 0.717) is 6.42 Å². The average molecular weight is 340 g/mol. The van der Waals surface area contributed by atoms with Crippen LogP contribution in [0.5, 0.6) is 0 Å². The summed E-state index contributed by atoms with van der Waals surface area (Å²) in [7, 11) is 0. The molecule has 122 valence electrons. The van der Waals surface area contributed by atoms with Crippen molar-refractivity contribution in [2.45, 2.75) is 19.0 Å². The molecular formula is C17H16N4O2S. The first-order valence-corrected chi connectivity index (χ1v) is 8.34. The van der Waals surface area contributed by atoms with Gasteiger partial charge in [0.25, 0.3) is 0 Å². The van der Waals surface area contributed by atoms with E-state index in [1.54, 1.807) is 29.8 Å². The molecule has 0 aliphatic carbocycles. The first-order chi connectivity index (χ1) is 11.7. The maximum Gasteiger partial charge on any atom is 0.347 e. The zero-order valence-corrected chi connectivity index (χ0v) is 13.6. The van der Waals surface area contributed by atoms with Crippen LogP contribution in [0.25, 0.3) is 0 Å². The van der Waals surface area contributed by atoms with Gasteiger partial charge in [0.1, 0.15) is 6.54 Å². The molecule has 0 aliphatic rings. The van der Waals surface area contributed by atoms with Gasteiger partial charge in [-0.05, 0) is 29.6 Å². The Hall–Kier alpha value is -2.80. The van der Waals surface area contributed by atoms with Crippen molar-refractivity contribution in [2.75, 3.05) is 0 Å². The highest BCUT2D eigenvalue weighted by Crippen LogP contribution is 2.19. The van der Waals surface area contributed by atoms with E-state index in [0.717, 1.165) is 10.6 Å². The lowest BCUT2D eigenvalue weighted by atomic mass is 10.1. The first kappa shape index (κ1) is 16.1. The zero-order valence-electron chi connectivity index (χ0n) is 12.8. The molecule has 0 aliphatic heterocycles. The van der Waals surface area contributed by atoms with E-state index >= 15 is 0 Å². The topological polar surface area (TPSA) is 76.9 Å². The van der Waals surface area contributed by atoms with Gasteiger partial charge in [-0.3, -0.25) is 14.3 Å². The van der Waals surface area contributed by atoms with Gasteiger partial charge in [0.2, 0.25) is 5.91 Å². The number of amides is 1. The second-order valence-electron chi connectivity index (χ2n) is 5.19. The number of nitrogens with zero attached hydrogens (tertiary/aromatic N) is 3. The molecule has 3 aromatic heterocycles. The summed E-state index contributed by atoms with van der Waals surface area (Å²) in [5.41, 5.74) is 0.345. The van der Waals surface area contributed by atoms with Crippen LogP contribution < -0.4 is 11.0 Å². The Morgan fingerprint density at radius 1 is 1.17 bits per heavy atom. The Labute approximate surface area is 142 Å². The molecule has 1 amide bonds. The predicted octanol–water partition coefficient (Wildman–Crippen LogP) is 1.80. The minimum atomic E-state index is -0.444. The third-order valence-corrected chi connectivity index (χ3v) is 4.36. The summed E-state index contributed by atoms with van der Waals surface area (Å²) in [6, 6.07) is 11.0. The highest BCUT2D eigenvalue weighted by Gasteiger charge is 2.17. The average Bonchev–Trinajstić information content (AvgIpc) is 3.10. The van der Waals surface area contributed by atoms with Gasteiger partial charge in [-0.1, -0.05) is 12.1 Å². The molecule has 1 N–H and O–H groups in total. The van der Waals surface area contributed by atoms with Gasteiger partial charge < -0.3 is 5.32 Å². The molecule has 0 fully saturated rings. The number of hydrogen-bond donors (Lipinski definition) is 1. The molecule has 0 bridgehead atoms. The molecule has 24 heavy (non-hydrogen) atoms. The van der Waals surface area contributed by atoms with Gasteiger partial charge in [-0.25, -0.2) is 9.78 Å². The summed E-state index contributed by atoms with van der Waals surface area (Å²) >= 11 is 1.64. The fourth-order valence-corrected chi connectivity index (χ4v) is 3.10. The molecule has 0 unspecified atom stereocenters. The lowest BCUT2D eigenvalue weighted by Crippen LogP contribution is -2.36. The van der Waals surface area contributed by atoms with Crippen molar-refractivity contribution in [3.8, 4) is 0 Å². The van der Waals surface area contributed by atoms with Crippen molar-refractivity contribution >= 4 is 17.2 Å². The van der Waals surface area contributed by atoms with Crippen LogP contribution in [-0.2, 0) is 17.8 Å². The highest BCUT2D eigenvalue weighted by atomic mass is 32.1. The van der Waals surface area contributed by atoms with Crippen LogP contribution in [0, 0.1) is 0 Å². The third kappa shape index (κ3) is 4.14. The van der Waals surface area contributed by atoms with Gasteiger partial charge >= 0.3 is 5.69 Å². The minimum absolute atomic E-state index is 0.0690. The molecule has 7 heteroatoms. The zero-order chi connectivity index (χ0) is 16.8. The minimum Gasteiger partial charge on any atom is -0.346 e. The Bertz CT molecular complexity index is 846. The van der Waals surface area contributed by atoms with Crippen LogP contribution in [0.3, 0.4) is 0 Å².